The van der Waals surface area contributed by atoms with E-state index in [9.17, 15) is 4.79 Å². The third-order valence-electron chi connectivity index (χ3n) is 4.04. The van der Waals surface area contributed by atoms with Crippen LogP contribution in [0.1, 0.15) is 35.7 Å². The van der Waals surface area contributed by atoms with Crippen LogP contribution in [0.15, 0.2) is 43.0 Å². The summed E-state index contributed by atoms with van der Waals surface area (Å²) in [5, 5.41) is 4.23. The molecule has 21 heavy (non-hydrogen) atoms. The van der Waals surface area contributed by atoms with Crippen LogP contribution in [0.3, 0.4) is 0 Å². The Bertz CT molecular complexity index is 567. The van der Waals surface area contributed by atoms with Gasteiger partial charge < -0.3 is 4.90 Å². The summed E-state index contributed by atoms with van der Waals surface area (Å²) in [4.78, 5) is 18.5. The zero-order chi connectivity index (χ0) is 14.5. The number of nitrogens with zero attached hydrogens (tertiary/aromatic N) is 4. The van der Waals surface area contributed by atoms with Gasteiger partial charge in [0, 0.05) is 25.1 Å². The molecule has 2 aromatic rings. The third-order valence-corrected chi connectivity index (χ3v) is 4.04. The zero-order valence-corrected chi connectivity index (χ0v) is 12.1. The Balaban J connectivity index is 1.52. The molecule has 1 fully saturated rings. The van der Waals surface area contributed by atoms with Gasteiger partial charge in [-0.05, 0) is 19.4 Å². The molecule has 3 rings (SSSR count). The van der Waals surface area contributed by atoms with Crippen LogP contribution >= 0.6 is 0 Å². The number of benzene rings is 1. The first kappa shape index (κ1) is 13.9. The van der Waals surface area contributed by atoms with Crippen molar-refractivity contribution in [2.45, 2.75) is 25.3 Å². The minimum Gasteiger partial charge on any atom is -0.301 e. The molecular formula is C16H20N4O. The number of rotatable bonds is 5. The Morgan fingerprint density at radius 1 is 1.29 bits per heavy atom. The van der Waals surface area contributed by atoms with Gasteiger partial charge in [-0.2, -0.15) is 5.10 Å². The number of Topliss-reactive ketones (excluding diaryl/α,β-unsaturated/α-hetero) is 1. The van der Waals surface area contributed by atoms with E-state index in [-0.39, 0.29) is 5.78 Å². The lowest BCUT2D eigenvalue weighted by Gasteiger charge is -2.32. The quantitative estimate of drug-likeness (QED) is 0.790. The average Bonchev–Trinajstić information content (AvgIpc) is 3.08. The van der Waals surface area contributed by atoms with Crippen LogP contribution in [-0.4, -0.2) is 45.1 Å². The summed E-state index contributed by atoms with van der Waals surface area (Å²) in [5.74, 6) is 0.221. The van der Waals surface area contributed by atoms with Crippen molar-refractivity contribution in [3.05, 3.63) is 48.5 Å². The summed E-state index contributed by atoms with van der Waals surface area (Å²) in [5.41, 5.74) is 0.808. The second-order valence-corrected chi connectivity index (χ2v) is 5.51. The third kappa shape index (κ3) is 3.55. The van der Waals surface area contributed by atoms with Crippen molar-refractivity contribution in [3.63, 3.8) is 0 Å². The Morgan fingerprint density at radius 3 is 2.90 bits per heavy atom. The second-order valence-electron chi connectivity index (χ2n) is 5.51. The maximum atomic E-state index is 12.1. The van der Waals surface area contributed by atoms with Gasteiger partial charge in [0.15, 0.2) is 5.78 Å². The van der Waals surface area contributed by atoms with Crippen LogP contribution in [0, 0.1) is 0 Å². The summed E-state index contributed by atoms with van der Waals surface area (Å²) in [6.07, 6.45) is 6.21. The summed E-state index contributed by atoms with van der Waals surface area (Å²) >= 11 is 0. The summed E-state index contributed by atoms with van der Waals surface area (Å²) in [7, 11) is 0. The van der Waals surface area contributed by atoms with Gasteiger partial charge >= 0.3 is 0 Å². The van der Waals surface area contributed by atoms with E-state index < -0.39 is 0 Å². The minimum absolute atomic E-state index is 0.221. The van der Waals surface area contributed by atoms with E-state index in [1.54, 1.807) is 12.7 Å². The van der Waals surface area contributed by atoms with Gasteiger partial charge in [-0.25, -0.2) is 9.67 Å². The monoisotopic (exact) mass is 284 g/mol. The average molecular weight is 284 g/mol. The fourth-order valence-electron chi connectivity index (χ4n) is 2.88. The maximum Gasteiger partial charge on any atom is 0.164 e. The molecule has 1 saturated heterocycles. The molecule has 5 nitrogen and oxygen atoms in total. The van der Waals surface area contributed by atoms with Crippen molar-refractivity contribution in [2.24, 2.45) is 0 Å². The molecule has 0 bridgehead atoms. The standard InChI is InChI=1S/C16H20N4O/c21-16(14-5-2-1-3-6-14)8-10-19-9-4-7-15(11-19)20-13-17-12-18-20/h1-3,5-6,12-13,15H,4,7-11H2/t15-/m0/s1. The van der Waals surface area contributed by atoms with Gasteiger partial charge in [0.1, 0.15) is 12.7 Å². The number of likely N-dealkylation sites (tertiary alicyclic amines) is 1. The van der Waals surface area contributed by atoms with Crippen molar-refractivity contribution < 1.29 is 4.79 Å². The van der Waals surface area contributed by atoms with Crippen LogP contribution in [0.2, 0.25) is 0 Å². The van der Waals surface area contributed by atoms with Gasteiger partial charge in [0.2, 0.25) is 0 Å². The van der Waals surface area contributed by atoms with Gasteiger partial charge in [0.25, 0.3) is 0 Å². The highest BCUT2D eigenvalue weighted by atomic mass is 16.1. The van der Waals surface area contributed by atoms with E-state index in [1.165, 1.54) is 0 Å². The largest absolute Gasteiger partial charge is 0.301 e. The van der Waals surface area contributed by atoms with E-state index in [1.807, 2.05) is 35.0 Å². The number of aromatic nitrogens is 3. The molecule has 5 heteroatoms. The number of carbonyl (C=O) groups excluding carboxylic acids is 1. The first-order chi connectivity index (χ1) is 10.3. The molecule has 0 N–H and O–H groups in total. The van der Waals surface area contributed by atoms with E-state index >= 15 is 0 Å². The van der Waals surface area contributed by atoms with Crippen molar-refractivity contribution in [1.82, 2.24) is 19.7 Å². The molecule has 110 valence electrons. The molecule has 0 unspecified atom stereocenters. The highest BCUT2D eigenvalue weighted by molar-refractivity contribution is 5.96. The smallest absolute Gasteiger partial charge is 0.164 e. The van der Waals surface area contributed by atoms with Crippen molar-refractivity contribution in [3.8, 4) is 0 Å². The molecule has 2 heterocycles. The molecule has 0 aliphatic carbocycles. The Labute approximate surface area is 124 Å². The molecule has 1 aliphatic rings. The van der Waals surface area contributed by atoms with E-state index in [2.05, 4.69) is 15.0 Å². The normalized spacial score (nSPS) is 19.5. The number of ketones is 1. The number of hydrogen-bond donors (Lipinski definition) is 0. The van der Waals surface area contributed by atoms with Gasteiger partial charge in [-0.1, -0.05) is 30.3 Å². The van der Waals surface area contributed by atoms with Crippen LogP contribution in [0.5, 0.6) is 0 Å². The summed E-state index contributed by atoms with van der Waals surface area (Å²) < 4.78 is 1.94. The van der Waals surface area contributed by atoms with E-state index in [4.69, 9.17) is 0 Å². The molecule has 0 amide bonds. The van der Waals surface area contributed by atoms with Crippen molar-refractivity contribution in [2.75, 3.05) is 19.6 Å². The number of piperidine rings is 1. The Kier molecular flexibility index (Phi) is 4.40. The second kappa shape index (κ2) is 6.63. The first-order valence-corrected chi connectivity index (χ1v) is 7.47. The predicted octanol–water partition coefficient (Wildman–Crippen LogP) is 2.19. The molecule has 1 aromatic heterocycles. The SMILES string of the molecule is O=C(CCN1CCC[C@H](n2cncn2)C1)c1ccccc1. The molecule has 1 aliphatic heterocycles. The first-order valence-electron chi connectivity index (χ1n) is 7.47. The fourth-order valence-corrected chi connectivity index (χ4v) is 2.88. The molecule has 0 spiro atoms. The number of hydrogen-bond acceptors (Lipinski definition) is 4. The molecular weight excluding hydrogens is 264 g/mol. The zero-order valence-electron chi connectivity index (χ0n) is 12.1. The molecule has 0 saturated carbocycles. The van der Waals surface area contributed by atoms with Crippen LogP contribution in [0.4, 0.5) is 0 Å². The van der Waals surface area contributed by atoms with Gasteiger partial charge in [0.05, 0.1) is 6.04 Å². The van der Waals surface area contributed by atoms with Crippen LogP contribution in [-0.2, 0) is 0 Å². The van der Waals surface area contributed by atoms with Crippen LogP contribution in [0.25, 0.3) is 0 Å². The topological polar surface area (TPSA) is 51.0 Å². The van der Waals surface area contributed by atoms with Crippen molar-refractivity contribution >= 4 is 5.78 Å². The fraction of sp³-hybridized carbons (Fsp3) is 0.438. The Hall–Kier alpha value is -2.01. The lowest BCUT2D eigenvalue weighted by atomic mass is 10.0. The lowest BCUT2D eigenvalue weighted by molar-refractivity contribution is 0.0945. The van der Waals surface area contributed by atoms with E-state index in [0.29, 0.717) is 12.5 Å². The number of carbonyl (C=O) groups is 1. The van der Waals surface area contributed by atoms with Crippen LogP contribution < -0.4 is 0 Å². The Morgan fingerprint density at radius 2 is 2.14 bits per heavy atom. The van der Waals surface area contributed by atoms with Gasteiger partial charge in [-0.3, -0.25) is 4.79 Å². The maximum absolute atomic E-state index is 12.1. The lowest BCUT2D eigenvalue weighted by Crippen LogP contribution is -2.38. The summed E-state index contributed by atoms with van der Waals surface area (Å²) in [6, 6.07) is 9.91. The van der Waals surface area contributed by atoms with E-state index in [0.717, 1.165) is 38.0 Å². The highest BCUT2D eigenvalue weighted by Crippen LogP contribution is 2.20. The van der Waals surface area contributed by atoms with Gasteiger partial charge in [-0.15, -0.1) is 0 Å². The minimum atomic E-state index is 0.221. The molecule has 0 radical (unpaired) electrons. The van der Waals surface area contributed by atoms with Crippen molar-refractivity contribution in [1.29, 1.82) is 0 Å². The molecule has 1 atom stereocenters. The molecule has 1 aromatic carbocycles. The summed E-state index contributed by atoms with van der Waals surface area (Å²) in [6.45, 7) is 2.83. The highest BCUT2D eigenvalue weighted by Gasteiger charge is 2.22. The predicted molar refractivity (Wildman–Crippen MR) is 80.1 cm³/mol.